The van der Waals surface area contributed by atoms with Crippen molar-refractivity contribution in [2.75, 3.05) is 6.61 Å². The van der Waals surface area contributed by atoms with Gasteiger partial charge in [0.1, 0.15) is 41.7 Å². The molecule has 2 aliphatic heterocycles. The van der Waals surface area contributed by atoms with Crippen molar-refractivity contribution in [3.05, 3.63) is 53.6 Å². The second-order valence-corrected chi connectivity index (χ2v) is 7.43. The highest BCUT2D eigenvalue weighted by atomic mass is 16.7. The summed E-state index contributed by atoms with van der Waals surface area (Å²) in [5.41, 5.74) is 0.581. The Morgan fingerprint density at radius 1 is 0.903 bits per heavy atom. The maximum atomic E-state index is 13.2. The Morgan fingerprint density at radius 3 is 2.26 bits per heavy atom. The molecule has 166 valence electrons. The molecule has 31 heavy (non-hydrogen) atoms. The van der Waals surface area contributed by atoms with E-state index in [1.54, 1.807) is 0 Å². The van der Waals surface area contributed by atoms with Gasteiger partial charge in [0.2, 0.25) is 0 Å². The van der Waals surface area contributed by atoms with E-state index < -0.39 is 55.3 Å². The second-order valence-electron chi connectivity index (χ2n) is 7.43. The molecule has 7 atom stereocenters. The van der Waals surface area contributed by atoms with Crippen LogP contribution in [0.4, 0.5) is 0 Å². The fourth-order valence-corrected chi connectivity index (χ4v) is 3.67. The number of carbonyl (C=O) groups is 1. The Labute approximate surface area is 176 Å². The topological polar surface area (TPSA) is 166 Å². The summed E-state index contributed by atoms with van der Waals surface area (Å²) in [7, 11) is 0. The SMILES string of the molecule is O=C1c2ccc(O)cc2O[C@H](c2ccc(O)cc2)[C@H]1O[C@@H]1O[C@@H](CO)[C@H](O)[C@H](O)[C@@H]1O. The van der Waals surface area contributed by atoms with Crippen LogP contribution in [-0.4, -0.2) is 79.8 Å². The van der Waals surface area contributed by atoms with Crippen molar-refractivity contribution in [3.63, 3.8) is 0 Å². The second kappa shape index (κ2) is 8.42. The van der Waals surface area contributed by atoms with E-state index in [-0.39, 0.29) is 22.8 Å². The van der Waals surface area contributed by atoms with E-state index in [1.165, 1.54) is 42.5 Å². The van der Waals surface area contributed by atoms with Crippen LogP contribution in [0.15, 0.2) is 42.5 Å². The number of phenols is 2. The molecule has 2 heterocycles. The van der Waals surface area contributed by atoms with Gasteiger partial charge in [-0.1, -0.05) is 12.1 Å². The number of hydrogen-bond acceptors (Lipinski definition) is 10. The molecular weight excluding hydrogens is 412 g/mol. The van der Waals surface area contributed by atoms with Crippen molar-refractivity contribution >= 4 is 5.78 Å². The van der Waals surface area contributed by atoms with Crippen LogP contribution in [-0.2, 0) is 9.47 Å². The number of Topliss-reactive ketones (excluding diaryl/α,β-unsaturated/α-hetero) is 1. The third kappa shape index (κ3) is 3.97. The number of ether oxygens (including phenoxy) is 3. The molecule has 4 rings (SSSR count). The van der Waals surface area contributed by atoms with E-state index in [2.05, 4.69) is 0 Å². The summed E-state index contributed by atoms with van der Waals surface area (Å²) in [4.78, 5) is 13.2. The molecule has 0 aromatic heterocycles. The monoisotopic (exact) mass is 434 g/mol. The number of ketones is 1. The van der Waals surface area contributed by atoms with Crippen LogP contribution in [0.1, 0.15) is 22.0 Å². The van der Waals surface area contributed by atoms with Crippen molar-refractivity contribution in [3.8, 4) is 17.2 Å². The zero-order valence-electron chi connectivity index (χ0n) is 16.1. The highest BCUT2D eigenvalue weighted by Gasteiger charge is 2.48. The van der Waals surface area contributed by atoms with Gasteiger partial charge in [-0.15, -0.1) is 0 Å². The van der Waals surface area contributed by atoms with Crippen molar-refractivity contribution in [2.24, 2.45) is 0 Å². The minimum Gasteiger partial charge on any atom is -0.508 e. The maximum Gasteiger partial charge on any atom is 0.199 e. The number of aliphatic hydroxyl groups is 4. The van der Waals surface area contributed by atoms with Gasteiger partial charge >= 0.3 is 0 Å². The van der Waals surface area contributed by atoms with Crippen molar-refractivity contribution < 1.29 is 49.6 Å². The molecule has 0 spiro atoms. The lowest BCUT2D eigenvalue weighted by Crippen LogP contribution is -2.60. The van der Waals surface area contributed by atoms with Gasteiger partial charge in [-0.25, -0.2) is 0 Å². The molecule has 2 aliphatic rings. The number of carbonyl (C=O) groups excluding carboxylic acids is 1. The van der Waals surface area contributed by atoms with E-state index in [0.717, 1.165) is 0 Å². The molecule has 0 radical (unpaired) electrons. The fraction of sp³-hybridized carbons (Fsp3) is 0.381. The predicted octanol–water partition coefficient (Wildman–Crippen LogP) is -0.401. The summed E-state index contributed by atoms with van der Waals surface area (Å²) in [5.74, 6) is -0.521. The number of hydrogen-bond donors (Lipinski definition) is 6. The molecule has 2 aromatic carbocycles. The number of aromatic hydroxyl groups is 2. The molecule has 0 aliphatic carbocycles. The molecule has 0 amide bonds. The summed E-state index contributed by atoms with van der Waals surface area (Å²) in [6, 6.07) is 9.79. The molecule has 0 saturated carbocycles. The third-order valence-electron chi connectivity index (χ3n) is 5.37. The molecule has 1 fully saturated rings. The molecule has 10 nitrogen and oxygen atoms in total. The summed E-state index contributed by atoms with van der Waals surface area (Å²) in [5, 5.41) is 59.0. The van der Waals surface area contributed by atoms with Gasteiger partial charge in [0.25, 0.3) is 0 Å². The Bertz CT molecular complexity index is 944. The van der Waals surface area contributed by atoms with Crippen LogP contribution in [0.2, 0.25) is 0 Å². The zero-order valence-corrected chi connectivity index (χ0v) is 16.1. The zero-order chi connectivity index (χ0) is 22.3. The van der Waals surface area contributed by atoms with Gasteiger partial charge in [-0.3, -0.25) is 4.79 Å². The lowest BCUT2D eigenvalue weighted by atomic mass is 9.92. The van der Waals surface area contributed by atoms with E-state index in [0.29, 0.717) is 5.56 Å². The molecule has 10 heteroatoms. The number of phenolic OH excluding ortho intramolecular Hbond substituents is 2. The van der Waals surface area contributed by atoms with Gasteiger partial charge in [-0.2, -0.15) is 0 Å². The lowest BCUT2D eigenvalue weighted by Gasteiger charge is -2.42. The van der Waals surface area contributed by atoms with Gasteiger partial charge < -0.3 is 44.8 Å². The van der Waals surface area contributed by atoms with Crippen LogP contribution in [0.5, 0.6) is 17.2 Å². The Balaban J connectivity index is 1.69. The summed E-state index contributed by atoms with van der Waals surface area (Å²) in [6.07, 6.45) is -10.1. The molecule has 0 unspecified atom stereocenters. The average molecular weight is 434 g/mol. The van der Waals surface area contributed by atoms with Gasteiger partial charge in [0.15, 0.2) is 24.3 Å². The van der Waals surface area contributed by atoms with Crippen LogP contribution in [0.3, 0.4) is 0 Å². The normalized spacial score (nSPS) is 32.9. The fourth-order valence-electron chi connectivity index (χ4n) is 3.67. The molecule has 0 bridgehead atoms. The average Bonchev–Trinajstić information content (AvgIpc) is 2.76. The Kier molecular flexibility index (Phi) is 5.84. The number of rotatable bonds is 4. The first-order chi connectivity index (χ1) is 14.8. The molecular formula is C21H22O10. The van der Waals surface area contributed by atoms with E-state index >= 15 is 0 Å². The minimum atomic E-state index is -1.70. The largest absolute Gasteiger partial charge is 0.508 e. The lowest BCUT2D eigenvalue weighted by molar-refractivity contribution is -0.311. The summed E-state index contributed by atoms with van der Waals surface area (Å²) in [6.45, 7) is -0.649. The van der Waals surface area contributed by atoms with Gasteiger partial charge in [0.05, 0.1) is 12.2 Å². The first kappa shape index (κ1) is 21.5. The van der Waals surface area contributed by atoms with E-state index in [9.17, 15) is 35.4 Å². The smallest absolute Gasteiger partial charge is 0.199 e. The standard InChI is InChI=1S/C21H22O10/c22-8-14-16(26)17(27)18(28)21(30-14)31-20-15(25)12-6-5-11(24)7-13(12)29-19(20)9-1-3-10(23)4-2-9/h1-7,14,16-24,26-28H,8H2/t14-,16-,17-,18-,19+,20-,21-/m0/s1. The first-order valence-corrected chi connectivity index (χ1v) is 9.59. The van der Waals surface area contributed by atoms with Crippen molar-refractivity contribution in [1.29, 1.82) is 0 Å². The van der Waals surface area contributed by atoms with Crippen LogP contribution in [0.25, 0.3) is 0 Å². The molecule has 1 saturated heterocycles. The third-order valence-corrected chi connectivity index (χ3v) is 5.37. The van der Waals surface area contributed by atoms with Crippen molar-refractivity contribution in [1.82, 2.24) is 0 Å². The molecule has 6 N–H and O–H groups in total. The highest BCUT2D eigenvalue weighted by Crippen LogP contribution is 2.40. The first-order valence-electron chi connectivity index (χ1n) is 9.59. The minimum absolute atomic E-state index is 0.00432. The Hall–Kier alpha value is -2.73. The van der Waals surface area contributed by atoms with Gasteiger partial charge in [0, 0.05) is 6.07 Å². The maximum absolute atomic E-state index is 13.2. The summed E-state index contributed by atoms with van der Waals surface area (Å²) >= 11 is 0. The van der Waals surface area contributed by atoms with Crippen LogP contribution >= 0.6 is 0 Å². The van der Waals surface area contributed by atoms with E-state index in [4.69, 9.17) is 14.2 Å². The Morgan fingerprint density at radius 2 is 1.58 bits per heavy atom. The number of fused-ring (bicyclic) bond motifs is 1. The number of benzene rings is 2. The quantitative estimate of drug-likeness (QED) is 0.373. The van der Waals surface area contributed by atoms with Crippen LogP contribution in [0, 0.1) is 0 Å². The number of aliphatic hydroxyl groups excluding tert-OH is 4. The van der Waals surface area contributed by atoms with E-state index in [1.807, 2.05) is 0 Å². The summed E-state index contributed by atoms with van der Waals surface area (Å²) < 4.78 is 17.0. The van der Waals surface area contributed by atoms with Gasteiger partial charge in [-0.05, 0) is 29.8 Å². The van der Waals surface area contributed by atoms with Crippen LogP contribution < -0.4 is 4.74 Å². The molecule has 2 aromatic rings. The predicted molar refractivity (Wildman–Crippen MR) is 103 cm³/mol. The van der Waals surface area contributed by atoms with Crippen molar-refractivity contribution in [2.45, 2.75) is 42.9 Å². The highest BCUT2D eigenvalue weighted by molar-refractivity contribution is 6.03.